The maximum Gasteiger partial charge on any atom is 0.357 e. The van der Waals surface area contributed by atoms with Gasteiger partial charge in [-0.2, -0.15) is 0 Å². The van der Waals surface area contributed by atoms with E-state index in [1.807, 2.05) is 6.92 Å². The van der Waals surface area contributed by atoms with Crippen molar-refractivity contribution >= 4 is 11.9 Å². The first-order chi connectivity index (χ1) is 14.2. The molecule has 2 saturated heterocycles. The fourth-order valence-corrected chi connectivity index (χ4v) is 6.10. The first kappa shape index (κ1) is 21.2. The number of nitrogens with zero attached hydrogens (tertiary/aromatic N) is 1. The van der Waals surface area contributed by atoms with Crippen LogP contribution in [0.3, 0.4) is 0 Å². The molecule has 4 rings (SSSR count). The Balaban J connectivity index is 1.73. The summed E-state index contributed by atoms with van der Waals surface area (Å²) in [5, 5.41) is 9.23. The van der Waals surface area contributed by atoms with Gasteiger partial charge in [-0.1, -0.05) is 26.8 Å². The minimum absolute atomic E-state index is 0.0323. The Morgan fingerprint density at radius 2 is 2.07 bits per heavy atom. The number of rotatable bonds is 5. The number of aliphatic hydroxyl groups is 1. The second-order valence-corrected chi connectivity index (χ2v) is 9.52. The molecule has 3 heterocycles. The molecule has 7 nitrogen and oxygen atoms in total. The van der Waals surface area contributed by atoms with E-state index in [0.717, 1.165) is 12.8 Å². The first-order valence-corrected chi connectivity index (χ1v) is 10.9. The Labute approximate surface area is 177 Å². The highest BCUT2D eigenvalue weighted by molar-refractivity contribution is 5.87. The predicted molar refractivity (Wildman–Crippen MR) is 107 cm³/mol. The summed E-state index contributed by atoms with van der Waals surface area (Å²) in [4.78, 5) is 29.1. The van der Waals surface area contributed by atoms with Gasteiger partial charge in [-0.3, -0.25) is 0 Å². The van der Waals surface area contributed by atoms with Crippen molar-refractivity contribution in [2.75, 3.05) is 6.61 Å². The van der Waals surface area contributed by atoms with E-state index >= 15 is 0 Å². The van der Waals surface area contributed by atoms with Crippen LogP contribution in [0.2, 0.25) is 0 Å². The summed E-state index contributed by atoms with van der Waals surface area (Å²) in [5.74, 6) is -0.519. The Morgan fingerprint density at radius 3 is 2.70 bits per heavy atom. The maximum atomic E-state index is 13.0. The third-order valence-corrected chi connectivity index (χ3v) is 7.66. The molecule has 1 N–H and O–H groups in total. The van der Waals surface area contributed by atoms with Crippen LogP contribution in [0.5, 0.6) is 0 Å². The number of hydrogen-bond donors (Lipinski definition) is 1. The number of carbonyl (C=O) groups is 2. The van der Waals surface area contributed by atoms with Crippen LogP contribution < -0.4 is 0 Å². The summed E-state index contributed by atoms with van der Waals surface area (Å²) >= 11 is 0. The molecule has 30 heavy (non-hydrogen) atoms. The molecule has 0 aromatic carbocycles. The van der Waals surface area contributed by atoms with Crippen LogP contribution in [0.4, 0.5) is 0 Å². The zero-order valence-corrected chi connectivity index (χ0v) is 18.0. The van der Waals surface area contributed by atoms with Gasteiger partial charge in [0.1, 0.15) is 35.7 Å². The van der Waals surface area contributed by atoms with Gasteiger partial charge in [0.2, 0.25) is 0 Å². The van der Waals surface area contributed by atoms with Crippen molar-refractivity contribution in [3.05, 3.63) is 30.1 Å². The van der Waals surface area contributed by atoms with E-state index in [4.69, 9.17) is 14.2 Å². The highest BCUT2D eigenvalue weighted by atomic mass is 16.6. The number of hydrogen-bond acceptors (Lipinski definition) is 7. The molecular weight excluding hydrogens is 386 g/mol. The van der Waals surface area contributed by atoms with Gasteiger partial charge in [-0.15, -0.1) is 0 Å². The lowest BCUT2D eigenvalue weighted by Crippen LogP contribution is -2.62. The van der Waals surface area contributed by atoms with Crippen LogP contribution in [-0.2, 0) is 19.0 Å². The molecule has 2 bridgehead atoms. The Kier molecular flexibility index (Phi) is 5.39. The van der Waals surface area contributed by atoms with Crippen LogP contribution in [0, 0.1) is 23.7 Å². The molecule has 3 aliphatic rings. The molecule has 2 aliphatic heterocycles. The van der Waals surface area contributed by atoms with Crippen LogP contribution in [0.1, 0.15) is 57.4 Å². The van der Waals surface area contributed by atoms with Gasteiger partial charge in [0.05, 0.1) is 0 Å². The maximum absolute atomic E-state index is 13.0. The molecule has 1 saturated carbocycles. The third kappa shape index (κ3) is 3.14. The van der Waals surface area contributed by atoms with E-state index in [1.54, 1.807) is 24.4 Å². The number of carbonyl (C=O) groups excluding carboxylic acids is 2. The Bertz CT molecular complexity index is 813. The Morgan fingerprint density at radius 1 is 1.30 bits per heavy atom. The fraction of sp³-hybridized carbons (Fsp3) is 0.696. The molecule has 1 aromatic rings. The lowest BCUT2D eigenvalue weighted by molar-refractivity contribution is -0.259. The summed E-state index contributed by atoms with van der Waals surface area (Å²) in [6.07, 6.45) is 2.98. The molecule has 1 aromatic heterocycles. The van der Waals surface area contributed by atoms with Crippen LogP contribution in [-0.4, -0.2) is 52.0 Å². The van der Waals surface area contributed by atoms with E-state index in [1.165, 1.54) is 0 Å². The van der Waals surface area contributed by atoms with Crippen LogP contribution >= 0.6 is 0 Å². The van der Waals surface area contributed by atoms with E-state index in [2.05, 4.69) is 25.8 Å². The fourth-order valence-electron chi connectivity index (χ4n) is 6.10. The van der Waals surface area contributed by atoms with Gasteiger partial charge in [-0.25, -0.2) is 14.6 Å². The topological polar surface area (TPSA) is 95.0 Å². The molecule has 7 atom stereocenters. The highest BCUT2D eigenvalue weighted by Crippen LogP contribution is 2.63. The number of fused-ring (bicyclic) bond motifs is 4. The number of ether oxygens (including phenoxy) is 3. The molecule has 7 unspecified atom stereocenters. The standard InChI is InChI=1S/C23H31NO6/c1-13(2)23-11-17(28-18(26)12-25)22(4,30-23)15-9-8-14(3)19(15)20(23)29-21(27)16-7-5-6-10-24-16/h5-7,10,13-15,17,19-20,25H,8-9,11-12H2,1-4H3. The lowest BCUT2D eigenvalue weighted by atomic mass is 9.69. The minimum Gasteiger partial charge on any atom is -0.457 e. The highest BCUT2D eigenvalue weighted by Gasteiger charge is 2.72. The monoisotopic (exact) mass is 417 g/mol. The molecule has 0 spiro atoms. The molecule has 0 amide bonds. The molecule has 3 fully saturated rings. The molecule has 1 aliphatic carbocycles. The lowest BCUT2D eigenvalue weighted by Gasteiger charge is -2.52. The summed E-state index contributed by atoms with van der Waals surface area (Å²) in [7, 11) is 0. The van der Waals surface area contributed by atoms with Crippen molar-refractivity contribution in [2.24, 2.45) is 23.7 Å². The zero-order valence-electron chi connectivity index (χ0n) is 18.0. The van der Waals surface area contributed by atoms with Gasteiger partial charge >= 0.3 is 11.9 Å². The van der Waals surface area contributed by atoms with Crippen molar-refractivity contribution in [1.29, 1.82) is 0 Å². The Hall–Kier alpha value is -1.99. The van der Waals surface area contributed by atoms with Crippen molar-refractivity contribution in [1.82, 2.24) is 4.98 Å². The number of aromatic nitrogens is 1. The summed E-state index contributed by atoms with van der Waals surface area (Å²) in [5.41, 5.74) is -1.16. The zero-order chi connectivity index (χ0) is 21.7. The third-order valence-electron chi connectivity index (χ3n) is 7.66. The SMILES string of the molecule is CC1CCC2C1C(OC(=O)c1ccccn1)C1(C(C)C)CC(OC(=O)CO)C2(C)O1. The van der Waals surface area contributed by atoms with Crippen molar-refractivity contribution in [2.45, 2.75) is 70.4 Å². The number of pyridine rings is 1. The molecule has 0 radical (unpaired) electrons. The average molecular weight is 418 g/mol. The second-order valence-electron chi connectivity index (χ2n) is 9.52. The van der Waals surface area contributed by atoms with Gasteiger partial charge < -0.3 is 19.3 Å². The van der Waals surface area contributed by atoms with E-state index in [-0.39, 0.29) is 23.4 Å². The molecular formula is C23H31NO6. The average Bonchev–Trinajstić information content (AvgIpc) is 3.24. The van der Waals surface area contributed by atoms with E-state index < -0.39 is 42.0 Å². The normalized spacial score (nSPS) is 39.6. The van der Waals surface area contributed by atoms with Gasteiger partial charge in [0.25, 0.3) is 0 Å². The first-order valence-electron chi connectivity index (χ1n) is 10.9. The quantitative estimate of drug-likeness (QED) is 0.736. The van der Waals surface area contributed by atoms with Gasteiger partial charge in [-0.05, 0) is 49.7 Å². The summed E-state index contributed by atoms with van der Waals surface area (Å²) in [6.45, 7) is 7.66. The minimum atomic E-state index is -0.765. The van der Waals surface area contributed by atoms with E-state index in [0.29, 0.717) is 12.3 Å². The largest absolute Gasteiger partial charge is 0.457 e. The second kappa shape index (κ2) is 7.61. The molecule has 164 valence electrons. The smallest absolute Gasteiger partial charge is 0.357 e. The molecule has 7 heteroatoms. The summed E-state index contributed by atoms with van der Waals surface area (Å²) < 4.78 is 18.6. The van der Waals surface area contributed by atoms with Crippen molar-refractivity contribution < 1.29 is 28.9 Å². The van der Waals surface area contributed by atoms with Gasteiger partial charge in [0, 0.05) is 18.5 Å². The van der Waals surface area contributed by atoms with Crippen LogP contribution in [0.15, 0.2) is 24.4 Å². The number of esters is 2. The van der Waals surface area contributed by atoms with Gasteiger partial charge in [0.15, 0.2) is 0 Å². The van der Waals surface area contributed by atoms with E-state index in [9.17, 15) is 14.7 Å². The van der Waals surface area contributed by atoms with Crippen molar-refractivity contribution in [3.63, 3.8) is 0 Å². The van der Waals surface area contributed by atoms with Crippen LogP contribution in [0.25, 0.3) is 0 Å². The number of aliphatic hydroxyl groups excluding tert-OH is 1. The van der Waals surface area contributed by atoms with Crippen molar-refractivity contribution in [3.8, 4) is 0 Å². The predicted octanol–water partition coefficient (Wildman–Crippen LogP) is 2.76. The summed E-state index contributed by atoms with van der Waals surface area (Å²) in [6, 6.07) is 5.17.